The minimum atomic E-state index is -0.473. The molecule has 0 saturated carbocycles. The fourth-order valence-electron chi connectivity index (χ4n) is 1.45. The molecule has 0 aliphatic rings. The summed E-state index contributed by atoms with van der Waals surface area (Å²) < 4.78 is 18.0. The van der Waals surface area contributed by atoms with Crippen LogP contribution < -0.4 is 0 Å². The van der Waals surface area contributed by atoms with Crippen LogP contribution in [0.1, 0.15) is 29.8 Å². The van der Waals surface area contributed by atoms with E-state index in [1.54, 1.807) is 13.8 Å². The molecule has 0 bridgehead atoms. The van der Waals surface area contributed by atoms with Gasteiger partial charge in [-0.05, 0) is 44.5 Å². The average molecular weight is 210 g/mol. The maximum absolute atomic E-state index is 12.8. The molecule has 0 aliphatic carbocycles. The molecule has 0 fully saturated rings. The Kier molecular flexibility index (Phi) is 3.97. The van der Waals surface area contributed by atoms with Crippen LogP contribution in [-0.4, -0.2) is 18.5 Å². The van der Waals surface area contributed by atoms with Gasteiger partial charge in [-0.1, -0.05) is 0 Å². The van der Waals surface area contributed by atoms with Crippen LogP contribution in [0.25, 0.3) is 0 Å². The van der Waals surface area contributed by atoms with Crippen LogP contribution in [-0.2, 0) is 4.74 Å². The van der Waals surface area contributed by atoms with Crippen LogP contribution in [0.2, 0.25) is 0 Å². The number of ketones is 1. The van der Waals surface area contributed by atoms with E-state index >= 15 is 0 Å². The number of hydrogen-bond donors (Lipinski definition) is 0. The maximum atomic E-state index is 12.8. The summed E-state index contributed by atoms with van der Waals surface area (Å²) in [6.07, 6.45) is -0.473. The van der Waals surface area contributed by atoms with Gasteiger partial charge < -0.3 is 4.74 Å². The number of hydrogen-bond acceptors (Lipinski definition) is 2. The highest BCUT2D eigenvalue weighted by atomic mass is 19.1. The van der Waals surface area contributed by atoms with Gasteiger partial charge in [0.25, 0.3) is 0 Å². The van der Waals surface area contributed by atoms with Crippen molar-refractivity contribution in [3.63, 3.8) is 0 Å². The predicted octanol–water partition coefficient (Wildman–Crippen LogP) is 2.74. The number of rotatable bonds is 4. The first-order chi connectivity index (χ1) is 7.06. The molecule has 0 heterocycles. The number of benzene rings is 1. The van der Waals surface area contributed by atoms with Crippen LogP contribution in [0.4, 0.5) is 4.39 Å². The number of Topliss-reactive ketones (excluding diaryl/α,β-unsaturated/α-hetero) is 1. The highest BCUT2D eigenvalue weighted by Gasteiger charge is 2.17. The molecule has 15 heavy (non-hydrogen) atoms. The Morgan fingerprint density at radius 2 is 2.20 bits per heavy atom. The predicted molar refractivity (Wildman–Crippen MR) is 56.6 cm³/mol. The molecule has 1 aromatic carbocycles. The molecule has 0 N–H and O–H groups in total. The van der Waals surface area contributed by atoms with Crippen molar-refractivity contribution in [1.29, 1.82) is 0 Å². The first-order valence-electron chi connectivity index (χ1n) is 4.98. The van der Waals surface area contributed by atoms with Gasteiger partial charge in [-0.2, -0.15) is 0 Å². The Labute approximate surface area is 89.1 Å². The number of carbonyl (C=O) groups is 1. The Morgan fingerprint density at radius 3 is 2.73 bits per heavy atom. The van der Waals surface area contributed by atoms with E-state index in [-0.39, 0.29) is 11.6 Å². The van der Waals surface area contributed by atoms with Crippen LogP contribution in [0.3, 0.4) is 0 Å². The largest absolute Gasteiger partial charge is 0.371 e. The van der Waals surface area contributed by atoms with Crippen molar-refractivity contribution in [3.05, 3.63) is 35.1 Å². The Bertz CT molecular complexity index is 361. The molecular formula is C12H15FO2. The van der Waals surface area contributed by atoms with Gasteiger partial charge in [-0.15, -0.1) is 0 Å². The second kappa shape index (κ2) is 5.03. The summed E-state index contributed by atoms with van der Waals surface area (Å²) in [6.45, 7) is 5.75. The molecule has 0 aromatic heterocycles. The molecule has 1 unspecified atom stereocenters. The van der Waals surface area contributed by atoms with E-state index in [9.17, 15) is 9.18 Å². The van der Waals surface area contributed by atoms with Crippen molar-refractivity contribution in [3.8, 4) is 0 Å². The summed E-state index contributed by atoms with van der Waals surface area (Å²) in [4.78, 5) is 11.8. The Hall–Kier alpha value is -1.22. The zero-order valence-corrected chi connectivity index (χ0v) is 9.21. The summed E-state index contributed by atoms with van der Waals surface area (Å²) in [7, 11) is 0. The van der Waals surface area contributed by atoms with Gasteiger partial charge in [0.1, 0.15) is 11.9 Å². The van der Waals surface area contributed by atoms with Crippen molar-refractivity contribution in [2.45, 2.75) is 26.9 Å². The molecule has 2 nitrogen and oxygen atoms in total. The van der Waals surface area contributed by atoms with Gasteiger partial charge in [0.15, 0.2) is 5.78 Å². The fraction of sp³-hybridized carbons (Fsp3) is 0.417. The van der Waals surface area contributed by atoms with Crippen molar-refractivity contribution in [2.75, 3.05) is 6.61 Å². The molecule has 0 aliphatic heterocycles. The molecule has 82 valence electrons. The van der Waals surface area contributed by atoms with Crippen LogP contribution in [0.5, 0.6) is 0 Å². The lowest BCUT2D eigenvalue weighted by Crippen LogP contribution is -2.21. The molecule has 0 saturated heterocycles. The van der Waals surface area contributed by atoms with Crippen LogP contribution in [0.15, 0.2) is 18.2 Å². The van der Waals surface area contributed by atoms with Gasteiger partial charge >= 0.3 is 0 Å². The normalized spacial score (nSPS) is 12.5. The minimum Gasteiger partial charge on any atom is -0.371 e. The van der Waals surface area contributed by atoms with E-state index in [1.165, 1.54) is 18.2 Å². The van der Waals surface area contributed by atoms with Crippen molar-refractivity contribution < 1.29 is 13.9 Å². The number of ether oxygens (including phenoxy) is 1. The second-order valence-corrected chi connectivity index (χ2v) is 3.42. The summed E-state index contributed by atoms with van der Waals surface area (Å²) in [5, 5.41) is 0. The SMILES string of the molecule is CCOC(C)C(=O)c1ccc(F)cc1C. The third-order valence-electron chi connectivity index (χ3n) is 2.24. The highest BCUT2D eigenvalue weighted by molar-refractivity contribution is 6.00. The van der Waals surface area contributed by atoms with Crippen LogP contribution in [0, 0.1) is 12.7 Å². The summed E-state index contributed by atoms with van der Waals surface area (Å²) in [6, 6.07) is 4.15. The summed E-state index contributed by atoms with van der Waals surface area (Å²) in [5.41, 5.74) is 1.17. The number of carbonyl (C=O) groups excluding carboxylic acids is 1. The van der Waals surface area contributed by atoms with E-state index in [1.807, 2.05) is 6.92 Å². The minimum absolute atomic E-state index is 0.102. The van der Waals surface area contributed by atoms with Gasteiger partial charge in [0, 0.05) is 12.2 Å². The lowest BCUT2D eigenvalue weighted by atomic mass is 10.0. The summed E-state index contributed by atoms with van der Waals surface area (Å²) >= 11 is 0. The monoisotopic (exact) mass is 210 g/mol. The van der Waals surface area contributed by atoms with Gasteiger partial charge in [0.05, 0.1) is 0 Å². The van der Waals surface area contributed by atoms with Gasteiger partial charge in [-0.25, -0.2) is 4.39 Å². The molecule has 0 amide bonds. The smallest absolute Gasteiger partial charge is 0.191 e. The highest BCUT2D eigenvalue weighted by Crippen LogP contribution is 2.13. The van der Waals surface area contributed by atoms with E-state index < -0.39 is 6.10 Å². The van der Waals surface area contributed by atoms with Crippen molar-refractivity contribution in [1.82, 2.24) is 0 Å². The Balaban J connectivity index is 2.91. The van der Waals surface area contributed by atoms with E-state index in [0.717, 1.165) is 0 Å². The number of aryl methyl sites for hydroxylation is 1. The lowest BCUT2D eigenvalue weighted by Gasteiger charge is -2.12. The molecule has 3 heteroatoms. The molecule has 0 spiro atoms. The quantitative estimate of drug-likeness (QED) is 0.714. The fourth-order valence-corrected chi connectivity index (χ4v) is 1.45. The van der Waals surface area contributed by atoms with E-state index in [2.05, 4.69) is 0 Å². The molecule has 1 atom stereocenters. The number of halogens is 1. The van der Waals surface area contributed by atoms with Gasteiger partial charge in [0.2, 0.25) is 0 Å². The van der Waals surface area contributed by atoms with Gasteiger partial charge in [-0.3, -0.25) is 4.79 Å². The lowest BCUT2D eigenvalue weighted by molar-refractivity contribution is 0.0520. The first-order valence-corrected chi connectivity index (χ1v) is 4.98. The first kappa shape index (κ1) is 11.9. The second-order valence-electron chi connectivity index (χ2n) is 3.42. The van der Waals surface area contributed by atoms with E-state index in [4.69, 9.17) is 4.74 Å². The molecule has 0 radical (unpaired) electrons. The summed E-state index contributed by atoms with van der Waals surface area (Å²) in [5.74, 6) is -0.428. The average Bonchev–Trinajstić information content (AvgIpc) is 2.17. The van der Waals surface area contributed by atoms with E-state index in [0.29, 0.717) is 17.7 Å². The third kappa shape index (κ3) is 2.86. The maximum Gasteiger partial charge on any atom is 0.191 e. The topological polar surface area (TPSA) is 26.3 Å². The molecule has 1 rings (SSSR count). The van der Waals surface area contributed by atoms with Crippen LogP contribution >= 0.6 is 0 Å². The molecule has 1 aromatic rings. The van der Waals surface area contributed by atoms with Crippen molar-refractivity contribution in [2.24, 2.45) is 0 Å². The zero-order valence-electron chi connectivity index (χ0n) is 9.21. The standard InChI is InChI=1S/C12H15FO2/c1-4-15-9(3)12(14)11-6-5-10(13)7-8(11)2/h5-7,9H,4H2,1-3H3. The third-order valence-corrected chi connectivity index (χ3v) is 2.24. The zero-order chi connectivity index (χ0) is 11.4. The molecular weight excluding hydrogens is 195 g/mol. The van der Waals surface area contributed by atoms with Crippen molar-refractivity contribution >= 4 is 5.78 Å². The Morgan fingerprint density at radius 1 is 1.53 bits per heavy atom.